The summed E-state index contributed by atoms with van der Waals surface area (Å²) in [6.07, 6.45) is 5.61. The van der Waals surface area contributed by atoms with Gasteiger partial charge < -0.3 is 21.7 Å². The number of pyridine rings is 1. The van der Waals surface area contributed by atoms with Gasteiger partial charge in [-0.1, -0.05) is 55.3 Å². The average Bonchev–Trinajstić information content (AvgIpc) is 3.58. The number of carbonyl (C=O) groups is 3. The van der Waals surface area contributed by atoms with Gasteiger partial charge in [-0.3, -0.25) is 19.4 Å². The van der Waals surface area contributed by atoms with Crippen LogP contribution in [0.25, 0.3) is 10.9 Å². The quantitative estimate of drug-likeness (QED) is 0.317. The summed E-state index contributed by atoms with van der Waals surface area (Å²) >= 11 is 0.803. The molecule has 0 spiro atoms. The Bertz CT molecular complexity index is 1480. The number of benzene rings is 2. The predicted molar refractivity (Wildman–Crippen MR) is 146 cm³/mol. The van der Waals surface area contributed by atoms with Crippen molar-refractivity contribution >= 4 is 45.8 Å². The van der Waals surface area contributed by atoms with E-state index in [4.69, 9.17) is 11.5 Å². The molecule has 1 aliphatic carbocycles. The van der Waals surface area contributed by atoms with Gasteiger partial charge in [0.25, 0.3) is 11.8 Å². The lowest BCUT2D eigenvalue weighted by Gasteiger charge is -2.32. The molecule has 0 unspecified atom stereocenters. The highest BCUT2D eigenvalue weighted by Crippen LogP contribution is 2.32. The van der Waals surface area contributed by atoms with Crippen LogP contribution < -0.4 is 16.8 Å². The number of carbonyl (C=O) groups excluding carboxylic acids is 3. The molecule has 38 heavy (non-hydrogen) atoms. The maximum absolute atomic E-state index is 14.1. The number of hydrogen-bond donors (Lipinski definition) is 3. The van der Waals surface area contributed by atoms with Gasteiger partial charge in [-0.25, -0.2) is 0 Å². The van der Waals surface area contributed by atoms with Crippen LogP contribution in [-0.4, -0.2) is 38.0 Å². The molecule has 9 nitrogen and oxygen atoms in total. The minimum absolute atomic E-state index is 0.0516. The fraction of sp³-hybridized carbons (Fsp3) is 0.250. The van der Waals surface area contributed by atoms with Gasteiger partial charge in [-0.05, 0) is 53.7 Å². The highest BCUT2D eigenvalue weighted by atomic mass is 32.1. The number of anilines is 1. The highest BCUT2D eigenvalue weighted by molar-refractivity contribution is 7.09. The summed E-state index contributed by atoms with van der Waals surface area (Å²) < 4.78 is 4.01. The Morgan fingerprint density at radius 3 is 2.53 bits per heavy atom. The van der Waals surface area contributed by atoms with Crippen molar-refractivity contribution in [2.24, 2.45) is 5.73 Å². The second-order valence-corrected chi connectivity index (χ2v) is 10.2. The number of aromatic nitrogens is 2. The number of nitrogens with two attached hydrogens (primary N) is 2. The number of fused-ring (bicyclic) bond motifs is 1. The van der Waals surface area contributed by atoms with E-state index in [9.17, 15) is 14.4 Å². The Kier molecular flexibility index (Phi) is 7.32. The Hall–Kier alpha value is -4.31. The molecule has 2 heterocycles. The van der Waals surface area contributed by atoms with Gasteiger partial charge in [0, 0.05) is 24.2 Å². The molecule has 2 aromatic heterocycles. The summed E-state index contributed by atoms with van der Waals surface area (Å²) in [6, 6.07) is 17.8. The van der Waals surface area contributed by atoms with Crippen LogP contribution in [-0.2, 0) is 11.3 Å². The first-order chi connectivity index (χ1) is 18.4. The van der Waals surface area contributed by atoms with Gasteiger partial charge in [-0.15, -0.1) is 0 Å². The Labute approximate surface area is 224 Å². The summed E-state index contributed by atoms with van der Waals surface area (Å²) in [4.78, 5) is 45.8. The van der Waals surface area contributed by atoms with E-state index in [2.05, 4.69) is 14.7 Å². The molecule has 0 aliphatic heterocycles. The maximum Gasteiger partial charge on any atom is 0.270 e. The molecule has 2 aromatic carbocycles. The van der Waals surface area contributed by atoms with Gasteiger partial charge in [0.05, 0.1) is 11.2 Å². The first kappa shape index (κ1) is 25.3. The first-order valence-corrected chi connectivity index (χ1v) is 13.2. The number of nitrogen functional groups attached to an aromatic ring is 1. The van der Waals surface area contributed by atoms with Crippen molar-refractivity contribution in [1.82, 2.24) is 19.6 Å². The summed E-state index contributed by atoms with van der Waals surface area (Å²) in [7, 11) is 0. The number of nitrogens with one attached hydrogen (secondary N) is 1. The third-order valence-electron chi connectivity index (χ3n) is 6.82. The molecule has 10 heteroatoms. The number of amides is 3. The van der Waals surface area contributed by atoms with Crippen molar-refractivity contribution in [3.05, 3.63) is 88.6 Å². The van der Waals surface area contributed by atoms with Crippen LogP contribution in [0.3, 0.4) is 0 Å². The van der Waals surface area contributed by atoms with Crippen molar-refractivity contribution in [2.75, 3.05) is 5.73 Å². The van der Waals surface area contributed by atoms with E-state index in [0.717, 1.165) is 53.7 Å². The smallest absolute Gasteiger partial charge is 0.270 e. The first-order valence-electron chi connectivity index (χ1n) is 12.5. The molecule has 5 N–H and O–H groups in total. The molecular weight excluding hydrogens is 500 g/mol. The van der Waals surface area contributed by atoms with E-state index < -0.39 is 17.9 Å². The van der Waals surface area contributed by atoms with E-state index in [0.29, 0.717) is 5.56 Å². The molecule has 0 bridgehead atoms. The zero-order valence-corrected chi connectivity index (χ0v) is 21.5. The lowest BCUT2D eigenvalue weighted by atomic mass is 10.00. The molecular formula is C28H28N6O3S. The van der Waals surface area contributed by atoms with Crippen molar-refractivity contribution < 1.29 is 14.4 Å². The number of primary amides is 1. The molecule has 3 amide bonds. The minimum atomic E-state index is -0.966. The standard InChI is InChI=1S/C28H28N6O3S/c29-22-23(26(30)35)33-38-25(22)28(37)34(16-17-7-2-1-3-8-17)24(27(36)32-20-10-4-5-11-20)19-12-13-21-18(15-19)9-6-14-31-21/h1-3,6-9,12-15,20,24H,4-5,10-11,16,29H2,(H2,30,35)(H,32,36)/t24-/m1/s1. The summed E-state index contributed by atoms with van der Waals surface area (Å²) in [5.41, 5.74) is 13.6. The van der Waals surface area contributed by atoms with Crippen LogP contribution in [0.15, 0.2) is 66.9 Å². The van der Waals surface area contributed by atoms with Crippen molar-refractivity contribution in [1.29, 1.82) is 0 Å². The zero-order valence-electron chi connectivity index (χ0n) is 20.7. The fourth-order valence-corrected chi connectivity index (χ4v) is 5.67. The molecule has 1 fully saturated rings. The molecule has 0 saturated heterocycles. The van der Waals surface area contributed by atoms with Gasteiger partial charge in [-0.2, -0.15) is 4.37 Å². The summed E-state index contributed by atoms with van der Waals surface area (Å²) in [5.74, 6) is -1.60. The van der Waals surface area contributed by atoms with E-state index in [-0.39, 0.29) is 34.8 Å². The number of rotatable bonds is 8. The van der Waals surface area contributed by atoms with E-state index in [1.807, 2.05) is 60.7 Å². The van der Waals surface area contributed by atoms with Gasteiger partial charge in [0.1, 0.15) is 10.9 Å². The number of nitrogens with zero attached hydrogens (tertiary/aromatic N) is 3. The number of hydrogen-bond acceptors (Lipinski definition) is 7. The second-order valence-electron chi connectivity index (χ2n) is 9.40. The molecule has 4 aromatic rings. The molecule has 194 valence electrons. The largest absolute Gasteiger partial charge is 0.395 e. The molecule has 5 rings (SSSR count). The second kappa shape index (κ2) is 11.0. The third-order valence-corrected chi connectivity index (χ3v) is 7.67. The van der Waals surface area contributed by atoms with Crippen LogP contribution in [0.1, 0.15) is 63.0 Å². The minimum Gasteiger partial charge on any atom is -0.395 e. The van der Waals surface area contributed by atoms with Crippen molar-refractivity contribution in [3.63, 3.8) is 0 Å². The van der Waals surface area contributed by atoms with Crippen LogP contribution in [0, 0.1) is 0 Å². The van der Waals surface area contributed by atoms with Gasteiger partial charge >= 0.3 is 0 Å². The van der Waals surface area contributed by atoms with Crippen molar-refractivity contribution in [2.45, 2.75) is 44.3 Å². The predicted octanol–water partition coefficient (Wildman–Crippen LogP) is 3.81. The molecule has 1 aliphatic rings. The van der Waals surface area contributed by atoms with E-state index in [1.54, 1.807) is 6.20 Å². The molecule has 1 atom stereocenters. The topological polar surface area (TPSA) is 144 Å². The molecule has 0 radical (unpaired) electrons. The van der Waals surface area contributed by atoms with Crippen LogP contribution in [0.2, 0.25) is 0 Å². The van der Waals surface area contributed by atoms with Crippen LogP contribution in [0.5, 0.6) is 0 Å². The van der Waals surface area contributed by atoms with Gasteiger partial charge in [0.15, 0.2) is 5.69 Å². The van der Waals surface area contributed by atoms with E-state index in [1.165, 1.54) is 4.90 Å². The zero-order chi connectivity index (χ0) is 26.6. The SMILES string of the molecule is NC(=O)c1nsc(C(=O)N(Cc2ccccc2)[C@@H](C(=O)NC2CCCC2)c2ccc3ncccc3c2)c1N. The van der Waals surface area contributed by atoms with Gasteiger partial charge in [0.2, 0.25) is 5.91 Å². The lowest BCUT2D eigenvalue weighted by molar-refractivity contribution is -0.126. The Morgan fingerprint density at radius 2 is 1.82 bits per heavy atom. The fourth-order valence-electron chi connectivity index (χ4n) is 4.91. The van der Waals surface area contributed by atoms with Crippen LogP contribution >= 0.6 is 11.5 Å². The summed E-state index contributed by atoms with van der Waals surface area (Å²) in [5, 5.41) is 4.02. The van der Waals surface area contributed by atoms with Crippen molar-refractivity contribution in [3.8, 4) is 0 Å². The molecule has 1 saturated carbocycles. The maximum atomic E-state index is 14.1. The monoisotopic (exact) mass is 528 g/mol. The third kappa shape index (κ3) is 5.21. The highest BCUT2D eigenvalue weighted by Gasteiger charge is 2.36. The van der Waals surface area contributed by atoms with E-state index >= 15 is 0 Å². The lowest BCUT2D eigenvalue weighted by Crippen LogP contribution is -2.45. The summed E-state index contributed by atoms with van der Waals surface area (Å²) in [6.45, 7) is 0.136. The Balaban J connectivity index is 1.62. The van der Waals surface area contributed by atoms with Crippen LogP contribution in [0.4, 0.5) is 5.69 Å². The Morgan fingerprint density at radius 1 is 1.05 bits per heavy atom. The normalized spacial score (nSPS) is 14.3. The average molecular weight is 529 g/mol.